The quantitative estimate of drug-likeness (QED) is 0.0469. The van der Waals surface area contributed by atoms with E-state index in [0.29, 0.717) is 76.7 Å². The highest BCUT2D eigenvalue weighted by atomic mass is 79.9. The zero-order valence-electron chi connectivity index (χ0n) is 33.3. The third kappa shape index (κ3) is 13.3. The van der Waals surface area contributed by atoms with Gasteiger partial charge in [-0.15, -0.1) is 0 Å². The monoisotopic (exact) mass is 898 g/mol. The van der Waals surface area contributed by atoms with Crippen LogP contribution in [0.25, 0.3) is 22.0 Å². The van der Waals surface area contributed by atoms with Crippen LogP contribution in [0.2, 0.25) is 0 Å². The number of rotatable bonds is 23. The topological polar surface area (TPSA) is 244 Å². The van der Waals surface area contributed by atoms with Crippen LogP contribution in [-0.2, 0) is 51.2 Å². The molecular formula is C39H48BrFN10O9. The fourth-order valence-electron chi connectivity index (χ4n) is 6.09. The molecule has 3 aromatic heterocycles. The molecule has 0 radical (unpaired) electrons. The van der Waals surface area contributed by atoms with Crippen molar-refractivity contribution in [1.82, 2.24) is 40.3 Å². The molecule has 1 aromatic carbocycles. The summed E-state index contributed by atoms with van der Waals surface area (Å²) in [6.45, 7) is 4.82. The number of nitrogens with one attached hydrogen (secondary N) is 3. The third-order valence-corrected chi connectivity index (χ3v) is 9.51. The van der Waals surface area contributed by atoms with Crippen molar-refractivity contribution >= 4 is 62.1 Å². The number of likely N-dealkylation sites (tertiary alicyclic amines) is 1. The maximum absolute atomic E-state index is 14.7. The van der Waals surface area contributed by atoms with Gasteiger partial charge in [0.25, 0.3) is 0 Å². The van der Waals surface area contributed by atoms with E-state index in [-0.39, 0.29) is 82.4 Å². The van der Waals surface area contributed by atoms with E-state index in [4.69, 9.17) is 24.7 Å². The molecule has 4 heterocycles. The number of nitrogens with two attached hydrogens (primary N) is 1. The number of alkyl halides is 1. The molecule has 0 aliphatic carbocycles. The van der Waals surface area contributed by atoms with Crippen molar-refractivity contribution in [2.24, 2.45) is 5.73 Å². The van der Waals surface area contributed by atoms with Crippen molar-refractivity contribution in [2.45, 2.75) is 45.6 Å². The second-order valence-corrected chi connectivity index (χ2v) is 14.4. The number of halogens is 2. The zero-order valence-corrected chi connectivity index (χ0v) is 34.9. The smallest absolute Gasteiger partial charge is 0.248 e. The van der Waals surface area contributed by atoms with Crippen molar-refractivity contribution in [3.05, 3.63) is 64.4 Å². The Morgan fingerprint density at radius 3 is 2.28 bits per heavy atom. The van der Waals surface area contributed by atoms with Gasteiger partial charge in [-0.2, -0.15) is 5.10 Å². The van der Waals surface area contributed by atoms with E-state index in [2.05, 4.69) is 51.9 Å². The average Bonchev–Trinajstić information content (AvgIpc) is 3.81. The molecule has 1 aliphatic heterocycles. The molecule has 19 nitrogen and oxygen atoms in total. The predicted octanol–water partition coefficient (Wildman–Crippen LogP) is 1.50. The zero-order chi connectivity index (χ0) is 43.0. The van der Waals surface area contributed by atoms with Crippen LogP contribution >= 0.6 is 15.9 Å². The minimum absolute atomic E-state index is 0.0562. The third-order valence-electron chi connectivity index (χ3n) is 9.07. The Morgan fingerprint density at radius 2 is 1.58 bits per heavy atom. The molecule has 0 saturated carbocycles. The molecule has 1 saturated heterocycles. The lowest BCUT2D eigenvalue weighted by Gasteiger charge is -2.24. The van der Waals surface area contributed by atoms with Gasteiger partial charge in [0.15, 0.2) is 5.78 Å². The number of hydrogen-bond donors (Lipinski definition) is 4. The second-order valence-electron chi connectivity index (χ2n) is 13.6. The summed E-state index contributed by atoms with van der Waals surface area (Å²) in [4.78, 5) is 77.7. The number of Topliss-reactive ketones (excluding diaryl/α,β-unsaturated/α-hetero) is 1. The van der Waals surface area contributed by atoms with Crippen molar-refractivity contribution < 1.29 is 47.3 Å². The molecular weight excluding hydrogens is 851 g/mol. The van der Waals surface area contributed by atoms with Gasteiger partial charge in [0.2, 0.25) is 23.6 Å². The maximum atomic E-state index is 14.7. The number of ether oxygens (including phenoxy) is 4. The van der Waals surface area contributed by atoms with E-state index in [9.17, 15) is 28.4 Å². The van der Waals surface area contributed by atoms with Gasteiger partial charge in [-0.25, -0.2) is 19.3 Å². The van der Waals surface area contributed by atoms with Gasteiger partial charge < -0.3 is 45.5 Å². The number of amides is 4. The molecule has 60 heavy (non-hydrogen) atoms. The number of fused-ring (bicyclic) bond motifs is 1. The number of anilines is 1. The Bertz CT molecular complexity index is 2120. The summed E-state index contributed by atoms with van der Waals surface area (Å²) < 4.78 is 37.7. The van der Waals surface area contributed by atoms with E-state index in [0.717, 1.165) is 0 Å². The van der Waals surface area contributed by atoms with Gasteiger partial charge in [0.1, 0.15) is 53.9 Å². The lowest BCUT2D eigenvalue weighted by molar-refractivity contribution is -0.137. The summed E-state index contributed by atoms with van der Waals surface area (Å²) in [5.74, 6) is -1.40. The van der Waals surface area contributed by atoms with Gasteiger partial charge in [-0.1, -0.05) is 12.1 Å². The number of hydrogen-bond acceptors (Lipinski definition) is 14. The first-order valence-electron chi connectivity index (χ1n) is 19.2. The van der Waals surface area contributed by atoms with Crippen LogP contribution < -0.4 is 21.7 Å². The Balaban J connectivity index is 1.07. The van der Waals surface area contributed by atoms with Gasteiger partial charge in [-0.3, -0.25) is 28.7 Å². The number of aromatic nitrogens is 5. The molecule has 5 rings (SSSR count). The Labute approximate surface area is 353 Å². The number of carbonyl (C=O) groups excluding carboxylic acids is 5. The van der Waals surface area contributed by atoms with Crippen molar-refractivity contribution in [2.75, 3.05) is 77.8 Å². The molecule has 4 amide bonds. The highest BCUT2D eigenvalue weighted by molar-refractivity contribution is 9.10. The summed E-state index contributed by atoms with van der Waals surface area (Å²) in [5.41, 5.74) is 7.95. The lowest BCUT2D eigenvalue weighted by atomic mass is 10.0. The summed E-state index contributed by atoms with van der Waals surface area (Å²) in [6, 6.07) is 7.66. The van der Waals surface area contributed by atoms with E-state index in [1.54, 1.807) is 49.6 Å². The van der Waals surface area contributed by atoms with E-state index < -0.39 is 24.0 Å². The van der Waals surface area contributed by atoms with E-state index >= 15 is 0 Å². The fraction of sp³-hybridized carbons (Fsp3) is 0.462. The normalized spacial score (nSPS) is 15.0. The van der Waals surface area contributed by atoms with E-state index in [1.807, 2.05) is 0 Å². The number of nitrogens with zero attached hydrogens (tertiary/aromatic N) is 6. The van der Waals surface area contributed by atoms with Gasteiger partial charge in [0.05, 0.1) is 58.2 Å². The van der Waals surface area contributed by atoms with Crippen LogP contribution in [0, 0.1) is 6.92 Å². The molecule has 322 valence electrons. The number of pyridine rings is 1. The van der Waals surface area contributed by atoms with E-state index in [1.165, 1.54) is 16.5 Å². The largest absolute Gasteiger partial charge is 0.378 e. The summed E-state index contributed by atoms with van der Waals surface area (Å²) in [6.07, 6.45) is 1.60. The Morgan fingerprint density at radius 1 is 0.900 bits per heavy atom. The molecule has 2 atom stereocenters. The number of ketones is 1. The van der Waals surface area contributed by atoms with Crippen molar-refractivity contribution in [1.29, 1.82) is 0 Å². The number of benzene rings is 1. The molecule has 0 spiro atoms. The van der Waals surface area contributed by atoms with Gasteiger partial charge in [-0.05, 0) is 52.2 Å². The highest BCUT2D eigenvalue weighted by Crippen LogP contribution is 2.28. The van der Waals surface area contributed by atoms with Crippen molar-refractivity contribution in [3.63, 3.8) is 0 Å². The van der Waals surface area contributed by atoms with Crippen LogP contribution in [0.1, 0.15) is 35.2 Å². The highest BCUT2D eigenvalue weighted by Gasteiger charge is 2.40. The van der Waals surface area contributed by atoms with Crippen LogP contribution in [0.4, 0.5) is 10.2 Å². The molecule has 0 bridgehead atoms. The van der Waals surface area contributed by atoms with Gasteiger partial charge >= 0.3 is 0 Å². The maximum Gasteiger partial charge on any atom is 0.248 e. The number of carbonyl (C=O) groups is 5. The summed E-state index contributed by atoms with van der Waals surface area (Å²) >= 11 is 3.28. The Kier molecular flexibility index (Phi) is 17.5. The van der Waals surface area contributed by atoms with Crippen LogP contribution in [0.5, 0.6) is 0 Å². The second kappa shape index (κ2) is 22.9. The Hall–Kier alpha value is -5.32. The first kappa shape index (κ1) is 45.8. The van der Waals surface area contributed by atoms with Gasteiger partial charge in [0, 0.05) is 49.8 Å². The summed E-state index contributed by atoms with van der Waals surface area (Å²) in [5, 5.41) is 13.0. The minimum Gasteiger partial charge on any atom is -0.378 e. The SMILES string of the molecule is CC(=O)c1nn(CC(=O)N2C[C@H](F)C[C@H]2C(=O)Nc2nc(Br)ccc2C)c2ccc(-c3cnc(CNC(=O)COCCOCCNC(=O)COCCOCCN)nc3)cc12. The van der Waals surface area contributed by atoms with Crippen molar-refractivity contribution in [3.8, 4) is 11.1 Å². The van der Waals surface area contributed by atoms with Crippen LogP contribution in [0.3, 0.4) is 0 Å². The predicted molar refractivity (Wildman–Crippen MR) is 218 cm³/mol. The molecule has 1 fully saturated rings. The van der Waals surface area contributed by atoms with Crippen LogP contribution in [0.15, 0.2) is 47.3 Å². The minimum atomic E-state index is -1.40. The molecule has 0 unspecified atom stereocenters. The fourth-order valence-corrected chi connectivity index (χ4v) is 6.40. The lowest BCUT2D eigenvalue weighted by Crippen LogP contribution is -2.44. The molecule has 4 aromatic rings. The molecule has 21 heteroatoms. The standard InChI is InChI=1S/C39H48BrFN10O9/c1-24-3-6-32(40)47-38(24)48-39(56)31-16-28(41)20-50(31)36(55)21-51-30-5-4-26(15-29(30)37(49-51)25(2)52)27-17-44-33(45-18-27)19-46-35(54)23-60-14-12-58-10-8-43-34(53)22-59-13-11-57-9-7-42/h3-6,15,17-18,28,31H,7-14,16,19-23,42H2,1-2H3,(H,43,53)(H,46,54)(H,47,48,56)/t28-,31+/m1/s1. The molecule has 1 aliphatic rings. The molecule has 5 N–H and O–H groups in total. The summed E-state index contributed by atoms with van der Waals surface area (Å²) in [7, 11) is 0. The first-order valence-corrected chi connectivity index (χ1v) is 20.0. The number of aryl methyl sites for hydroxylation is 1. The van der Waals surface area contributed by atoms with Crippen LogP contribution in [-0.4, -0.2) is 144 Å². The first-order chi connectivity index (χ1) is 28.9. The average molecular weight is 900 g/mol.